The van der Waals surface area contributed by atoms with E-state index in [4.69, 9.17) is 9.47 Å². The molecule has 1 aliphatic rings. The zero-order valence-corrected chi connectivity index (χ0v) is 12.8. The molecule has 1 aliphatic heterocycles. The highest BCUT2D eigenvalue weighted by atomic mass is 16.5. The molecule has 0 atom stereocenters. The number of hydrogen-bond acceptors (Lipinski definition) is 4. The van der Waals surface area contributed by atoms with Crippen molar-refractivity contribution in [1.82, 2.24) is 9.97 Å². The minimum Gasteiger partial charge on any atom is -0.381 e. The van der Waals surface area contributed by atoms with Crippen molar-refractivity contribution < 1.29 is 9.47 Å². The van der Waals surface area contributed by atoms with Gasteiger partial charge in [0, 0.05) is 44.1 Å². The van der Waals surface area contributed by atoms with Gasteiger partial charge in [-0.1, -0.05) is 20.8 Å². The van der Waals surface area contributed by atoms with Gasteiger partial charge in [0.05, 0.1) is 5.69 Å². The minimum atomic E-state index is -0.520. The standard InChI is InChI=1S/C15H24N2O3/c1-5-20-15(6-8-19-9-7-15)13-16-11(14(2,3)4)10-12(18)17-13/h10H,5-9H2,1-4H3,(H,16,17,18). The summed E-state index contributed by atoms with van der Waals surface area (Å²) in [6, 6.07) is 1.57. The van der Waals surface area contributed by atoms with Gasteiger partial charge in [-0.15, -0.1) is 0 Å². The van der Waals surface area contributed by atoms with Crippen molar-refractivity contribution in [2.45, 2.75) is 51.6 Å². The molecule has 0 aliphatic carbocycles. The highest BCUT2D eigenvalue weighted by Gasteiger charge is 2.38. The van der Waals surface area contributed by atoms with Crippen LogP contribution in [0, 0.1) is 0 Å². The van der Waals surface area contributed by atoms with Gasteiger partial charge in [-0.3, -0.25) is 4.79 Å². The van der Waals surface area contributed by atoms with Crippen molar-refractivity contribution in [3.63, 3.8) is 0 Å². The summed E-state index contributed by atoms with van der Waals surface area (Å²) in [7, 11) is 0. The van der Waals surface area contributed by atoms with Crippen LogP contribution in [-0.2, 0) is 20.5 Å². The molecule has 5 heteroatoms. The highest BCUT2D eigenvalue weighted by Crippen LogP contribution is 2.34. The van der Waals surface area contributed by atoms with E-state index >= 15 is 0 Å². The predicted octanol–water partition coefficient (Wildman–Crippen LogP) is 2.11. The van der Waals surface area contributed by atoms with E-state index in [-0.39, 0.29) is 11.0 Å². The van der Waals surface area contributed by atoms with Crippen molar-refractivity contribution in [2.24, 2.45) is 0 Å². The Morgan fingerprint density at radius 1 is 1.40 bits per heavy atom. The Bertz CT molecular complexity index is 505. The van der Waals surface area contributed by atoms with Gasteiger partial charge in [0.25, 0.3) is 5.56 Å². The van der Waals surface area contributed by atoms with E-state index in [9.17, 15) is 4.79 Å². The average molecular weight is 280 g/mol. The number of aromatic amines is 1. The number of ether oxygens (including phenoxy) is 2. The first-order valence-electron chi connectivity index (χ1n) is 7.21. The molecule has 0 unspecified atom stereocenters. The fraction of sp³-hybridized carbons (Fsp3) is 0.733. The largest absolute Gasteiger partial charge is 0.381 e. The Balaban J connectivity index is 2.48. The van der Waals surface area contributed by atoms with Crippen LogP contribution in [0.25, 0.3) is 0 Å². The predicted molar refractivity (Wildman–Crippen MR) is 76.9 cm³/mol. The Kier molecular flexibility index (Phi) is 4.30. The number of H-pyrrole nitrogens is 1. The molecule has 1 N–H and O–H groups in total. The van der Waals surface area contributed by atoms with Crippen LogP contribution in [0.1, 0.15) is 52.1 Å². The van der Waals surface area contributed by atoms with Crippen LogP contribution in [0.15, 0.2) is 10.9 Å². The molecule has 1 aromatic rings. The molecule has 0 saturated carbocycles. The molecule has 1 aromatic heterocycles. The van der Waals surface area contributed by atoms with Crippen LogP contribution in [0.5, 0.6) is 0 Å². The van der Waals surface area contributed by atoms with E-state index < -0.39 is 5.60 Å². The quantitative estimate of drug-likeness (QED) is 0.921. The molecule has 0 aromatic carbocycles. The first-order valence-corrected chi connectivity index (χ1v) is 7.21. The minimum absolute atomic E-state index is 0.120. The SMILES string of the molecule is CCOC1(c2nc(C(C)(C)C)cc(=O)[nH]2)CCOCC1. The molecular formula is C15H24N2O3. The first-order chi connectivity index (χ1) is 9.37. The van der Waals surface area contributed by atoms with Gasteiger partial charge >= 0.3 is 0 Å². The lowest BCUT2D eigenvalue weighted by Crippen LogP contribution is -2.40. The van der Waals surface area contributed by atoms with Crippen LogP contribution in [0.4, 0.5) is 0 Å². The molecule has 1 fully saturated rings. The van der Waals surface area contributed by atoms with Crippen molar-refractivity contribution >= 4 is 0 Å². The summed E-state index contributed by atoms with van der Waals surface area (Å²) >= 11 is 0. The maximum absolute atomic E-state index is 12.0. The topological polar surface area (TPSA) is 64.2 Å². The lowest BCUT2D eigenvalue weighted by molar-refractivity contribution is -0.118. The smallest absolute Gasteiger partial charge is 0.251 e. The van der Waals surface area contributed by atoms with Gasteiger partial charge in [0.2, 0.25) is 0 Å². The molecular weight excluding hydrogens is 256 g/mol. The van der Waals surface area contributed by atoms with Crippen LogP contribution in [0.3, 0.4) is 0 Å². The summed E-state index contributed by atoms with van der Waals surface area (Å²) in [6.45, 7) is 9.96. The molecule has 0 amide bonds. The summed E-state index contributed by atoms with van der Waals surface area (Å²) < 4.78 is 11.4. The molecule has 0 spiro atoms. The second-order valence-corrected chi connectivity index (χ2v) is 6.27. The van der Waals surface area contributed by atoms with E-state index in [1.807, 2.05) is 6.92 Å². The monoisotopic (exact) mass is 280 g/mol. The van der Waals surface area contributed by atoms with Crippen LogP contribution in [0.2, 0.25) is 0 Å². The third-order valence-corrected chi connectivity index (χ3v) is 3.66. The Hall–Kier alpha value is -1.20. The number of hydrogen-bond donors (Lipinski definition) is 1. The normalized spacial score (nSPS) is 19.0. The van der Waals surface area contributed by atoms with E-state index in [0.717, 1.165) is 18.5 Å². The second-order valence-electron chi connectivity index (χ2n) is 6.27. The lowest BCUT2D eigenvalue weighted by Gasteiger charge is -2.36. The van der Waals surface area contributed by atoms with Gasteiger partial charge in [-0.25, -0.2) is 4.98 Å². The van der Waals surface area contributed by atoms with Gasteiger partial charge in [0.1, 0.15) is 11.4 Å². The molecule has 20 heavy (non-hydrogen) atoms. The molecule has 112 valence electrons. The van der Waals surface area contributed by atoms with Gasteiger partial charge < -0.3 is 14.5 Å². The van der Waals surface area contributed by atoms with E-state index in [1.54, 1.807) is 6.07 Å². The molecule has 0 radical (unpaired) electrons. The van der Waals surface area contributed by atoms with Gasteiger partial charge in [-0.05, 0) is 6.92 Å². The maximum atomic E-state index is 12.0. The van der Waals surface area contributed by atoms with Crippen molar-refractivity contribution in [3.8, 4) is 0 Å². The number of nitrogens with zero attached hydrogens (tertiary/aromatic N) is 1. The lowest BCUT2D eigenvalue weighted by atomic mass is 9.89. The third kappa shape index (κ3) is 3.10. The van der Waals surface area contributed by atoms with E-state index in [1.165, 1.54) is 0 Å². The molecule has 2 rings (SSSR count). The van der Waals surface area contributed by atoms with Crippen molar-refractivity contribution in [1.29, 1.82) is 0 Å². The summed E-state index contributed by atoms with van der Waals surface area (Å²) in [4.78, 5) is 19.5. The number of rotatable bonds is 3. The van der Waals surface area contributed by atoms with Crippen LogP contribution < -0.4 is 5.56 Å². The van der Waals surface area contributed by atoms with E-state index in [0.29, 0.717) is 25.6 Å². The summed E-state index contributed by atoms with van der Waals surface area (Å²) in [5.41, 5.74) is -0.0121. The fourth-order valence-corrected chi connectivity index (χ4v) is 2.48. The molecule has 5 nitrogen and oxygen atoms in total. The maximum Gasteiger partial charge on any atom is 0.251 e. The van der Waals surface area contributed by atoms with E-state index in [2.05, 4.69) is 30.7 Å². The van der Waals surface area contributed by atoms with Crippen molar-refractivity contribution in [2.75, 3.05) is 19.8 Å². The average Bonchev–Trinajstić information content (AvgIpc) is 2.38. The molecule has 2 heterocycles. The summed E-state index contributed by atoms with van der Waals surface area (Å²) in [5, 5.41) is 0. The summed E-state index contributed by atoms with van der Waals surface area (Å²) in [5.74, 6) is 0.639. The Morgan fingerprint density at radius 2 is 2.05 bits per heavy atom. The number of aromatic nitrogens is 2. The Morgan fingerprint density at radius 3 is 2.60 bits per heavy atom. The van der Waals surface area contributed by atoms with Crippen molar-refractivity contribution in [3.05, 3.63) is 27.9 Å². The Labute approximate surface area is 119 Å². The third-order valence-electron chi connectivity index (χ3n) is 3.66. The second kappa shape index (κ2) is 5.66. The zero-order valence-electron chi connectivity index (χ0n) is 12.8. The molecule has 0 bridgehead atoms. The zero-order chi connectivity index (χ0) is 14.8. The van der Waals surface area contributed by atoms with Crippen LogP contribution >= 0.6 is 0 Å². The molecule has 1 saturated heterocycles. The number of nitrogens with one attached hydrogen (secondary N) is 1. The van der Waals surface area contributed by atoms with Crippen LogP contribution in [-0.4, -0.2) is 29.8 Å². The first kappa shape index (κ1) is 15.2. The van der Waals surface area contributed by atoms with Gasteiger partial charge in [0.15, 0.2) is 0 Å². The summed E-state index contributed by atoms with van der Waals surface area (Å²) in [6.07, 6.45) is 1.44. The highest BCUT2D eigenvalue weighted by molar-refractivity contribution is 5.16. The fourth-order valence-electron chi connectivity index (χ4n) is 2.48. The van der Waals surface area contributed by atoms with Gasteiger partial charge in [-0.2, -0.15) is 0 Å².